The summed E-state index contributed by atoms with van der Waals surface area (Å²) in [5.41, 5.74) is 5.81. The molecule has 0 atom stereocenters. The summed E-state index contributed by atoms with van der Waals surface area (Å²) in [4.78, 5) is 53.0. The minimum Gasteiger partial charge on any atom is -0.478 e. The molecule has 0 unspecified atom stereocenters. The summed E-state index contributed by atoms with van der Waals surface area (Å²) in [6.45, 7) is 5.23. The number of amides is 1. The number of benzene rings is 2. The standard InChI is InChI=1S/C22H24N6O.C21H21N5O2/c1-23-22(29)16-14-15-8-9-19(27-11-5-10-26(2)12-13-27)25-20(15)28-18-7-4-3-6-17(18)24-21(16)28;1-24-9-4-10-25(12-11-24)18-8-7-14-13-15(21(27)28)20-22-16-5-2-3-6-17(16)26(20)19(14)23-18/h3-4,6-9,14H,5,10-13H2,1-2H3,(H,23,29);2-3,5-8,13H,4,9-12H2,1H3,(H,27,28)/i1D3;. The van der Waals surface area contributed by atoms with E-state index in [4.69, 9.17) is 14.1 Å². The van der Waals surface area contributed by atoms with Gasteiger partial charge in [0.1, 0.15) is 28.5 Å². The summed E-state index contributed by atoms with van der Waals surface area (Å²) in [7, 11) is 4.27. The normalized spacial score (nSPS) is 17.0. The zero-order valence-electron chi connectivity index (χ0n) is 34.9. The SMILES string of the molecule is CN1CCCN(c2ccc3cc(C(=O)O)c4nc5ccccc5n4c3n2)CC1.[2H]C([2H])([2H])NC(=O)c1cc2ccc(N3CCCN(C)CC3)nc2n2c1nc1ccccc12. The number of carbonyl (C=O) groups excluding carboxylic acids is 1. The van der Waals surface area contributed by atoms with Gasteiger partial charge in [-0.15, -0.1) is 0 Å². The average molecular weight is 767 g/mol. The maximum Gasteiger partial charge on any atom is 0.339 e. The lowest BCUT2D eigenvalue weighted by Gasteiger charge is -2.22. The zero-order chi connectivity index (χ0) is 41.7. The Morgan fingerprint density at radius 3 is 1.60 bits per heavy atom. The number of hydrogen-bond acceptors (Lipinski definition) is 10. The average Bonchev–Trinajstić information content (AvgIpc) is 3.64. The molecule has 6 aromatic heterocycles. The molecular weight excluding hydrogens is 719 g/mol. The molecule has 2 aliphatic heterocycles. The zero-order valence-corrected chi connectivity index (χ0v) is 31.9. The highest BCUT2D eigenvalue weighted by molar-refractivity contribution is 6.06. The van der Waals surface area contributed by atoms with Gasteiger partial charge in [0.15, 0.2) is 11.3 Å². The highest BCUT2D eigenvalue weighted by atomic mass is 16.4. The second kappa shape index (κ2) is 14.9. The van der Waals surface area contributed by atoms with Gasteiger partial charge in [-0.1, -0.05) is 24.3 Å². The molecule has 2 aliphatic rings. The summed E-state index contributed by atoms with van der Waals surface area (Å²) >= 11 is 0. The van der Waals surface area contributed by atoms with Gasteiger partial charge in [-0.05, 0) is 101 Å². The van der Waals surface area contributed by atoms with Crippen molar-refractivity contribution < 1.29 is 18.8 Å². The van der Waals surface area contributed by atoms with Gasteiger partial charge in [0, 0.05) is 61.1 Å². The quantitative estimate of drug-likeness (QED) is 0.238. The third kappa shape index (κ3) is 6.70. The largest absolute Gasteiger partial charge is 0.478 e. The van der Waals surface area contributed by atoms with Gasteiger partial charge in [-0.3, -0.25) is 13.6 Å². The van der Waals surface area contributed by atoms with Crippen LogP contribution in [0.3, 0.4) is 0 Å². The maximum absolute atomic E-state index is 12.8. The molecule has 0 aliphatic carbocycles. The molecule has 2 saturated heterocycles. The fraction of sp³-hybridized carbons (Fsp3) is 0.302. The molecule has 14 heteroatoms. The van der Waals surface area contributed by atoms with Crippen LogP contribution in [-0.2, 0) is 0 Å². The van der Waals surface area contributed by atoms with E-state index in [1.165, 1.54) is 0 Å². The van der Waals surface area contributed by atoms with E-state index in [9.17, 15) is 14.7 Å². The first kappa shape index (κ1) is 32.8. The van der Waals surface area contributed by atoms with E-state index < -0.39 is 18.9 Å². The van der Waals surface area contributed by atoms with Crippen molar-refractivity contribution in [1.29, 1.82) is 0 Å². The van der Waals surface area contributed by atoms with E-state index in [1.54, 1.807) is 12.1 Å². The minimum atomic E-state index is -2.59. The molecule has 1 amide bonds. The Balaban J connectivity index is 0.000000155. The number of fused-ring (bicyclic) bond motifs is 10. The number of hydrogen-bond donors (Lipinski definition) is 2. The van der Waals surface area contributed by atoms with E-state index in [0.717, 1.165) is 110 Å². The summed E-state index contributed by atoms with van der Waals surface area (Å²) in [5.74, 6) is 0.130. The summed E-state index contributed by atoms with van der Waals surface area (Å²) in [5, 5.41) is 13.3. The van der Waals surface area contributed by atoms with Crippen molar-refractivity contribution in [3.63, 3.8) is 0 Å². The number of carboxylic acids is 1. The number of rotatable bonds is 4. The molecule has 0 radical (unpaired) electrons. The molecular formula is C43H45N11O3. The van der Waals surface area contributed by atoms with Crippen LogP contribution >= 0.6 is 0 Å². The van der Waals surface area contributed by atoms with Crippen molar-refractivity contribution in [3.8, 4) is 0 Å². The Hall–Kier alpha value is -6.38. The Kier molecular flexibility index (Phi) is 8.60. The number of pyridine rings is 4. The molecule has 0 spiro atoms. The van der Waals surface area contributed by atoms with E-state index >= 15 is 0 Å². The van der Waals surface area contributed by atoms with E-state index in [1.807, 2.05) is 81.6 Å². The minimum absolute atomic E-state index is 0.189. The maximum atomic E-state index is 12.8. The molecule has 14 nitrogen and oxygen atoms in total. The summed E-state index contributed by atoms with van der Waals surface area (Å²) < 4.78 is 26.0. The van der Waals surface area contributed by atoms with Crippen LogP contribution < -0.4 is 15.1 Å². The Morgan fingerprint density at radius 1 is 0.596 bits per heavy atom. The molecule has 2 N–H and O–H groups in total. The van der Waals surface area contributed by atoms with E-state index in [0.29, 0.717) is 22.5 Å². The number of para-hydroxylation sites is 4. The molecule has 8 heterocycles. The molecule has 0 bridgehead atoms. The van der Waals surface area contributed by atoms with Crippen LogP contribution in [0.25, 0.3) is 55.4 Å². The van der Waals surface area contributed by atoms with Gasteiger partial charge < -0.3 is 30.0 Å². The van der Waals surface area contributed by atoms with Crippen LogP contribution in [0.1, 0.15) is 37.7 Å². The van der Waals surface area contributed by atoms with Gasteiger partial charge in [0.2, 0.25) is 0 Å². The number of carbonyl (C=O) groups is 2. The number of carboxylic acid groups (broad SMARTS) is 1. The number of nitrogens with zero attached hydrogens (tertiary/aromatic N) is 10. The van der Waals surface area contributed by atoms with E-state index in [-0.39, 0.29) is 11.1 Å². The Bertz CT molecular complexity index is 2950. The highest BCUT2D eigenvalue weighted by Crippen LogP contribution is 2.29. The third-order valence-electron chi connectivity index (χ3n) is 11.1. The number of likely N-dealkylation sites (N-methyl/N-ethyl adjacent to an activating group) is 2. The third-order valence-corrected chi connectivity index (χ3v) is 11.1. The fourth-order valence-corrected chi connectivity index (χ4v) is 8.06. The van der Waals surface area contributed by atoms with Crippen LogP contribution in [0.2, 0.25) is 0 Å². The van der Waals surface area contributed by atoms with Gasteiger partial charge >= 0.3 is 5.97 Å². The van der Waals surface area contributed by atoms with Crippen LogP contribution in [0.15, 0.2) is 84.9 Å². The predicted octanol–water partition coefficient (Wildman–Crippen LogP) is 5.41. The molecule has 0 saturated carbocycles. The topological polar surface area (TPSA) is 140 Å². The van der Waals surface area contributed by atoms with Crippen LogP contribution in [0, 0.1) is 0 Å². The Labute approximate surface area is 333 Å². The number of aromatic carboxylic acids is 1. The molecule has 10 rings (SSSR count). The highest BCUT2D eigenvalue weighted by Gasteiger charge is 2.22. The lowest BCUT2D eigenvalue weighted by Crippen LogP contribution is -2.29. The summed E-state index contributed by atoms with van der Waals surface area (Å²) in [6.07, 6.45) is 2.16. The van der Waals surface area contributed by atoms with Crippen LogP contribution in [-0.4, -0.2) is 129 Å². The van der Waals surface area contributed by atoms with E-state index in [2.05, 4.69) is 49.0 Å². The molecule has 2 fully saturated rings. The van der Waals surface area contributed by atoms with Gasteiger partial charge in [-0.25, -0.2) is 24.7 Å². The van der Waals surface area contributed by atoms with Crippen LogP contribution in [0.5, 0.6) is 0 Å². The van der Waals surface area contributed by atoms with Gasteiger partial charge in [0.25, 0.3) is 5.91 Å². The monoisotopic (exact) mass is 766 g/mol. The van der Waals surface area contributed by atoms with Gasteiger partial charge in [0.05, 0.1) is 27.6 Å². The van der Waals surface area contributed by atoms with Crippen LogP contribution in [0.4, 0.5) is 11.6 Å². The lowest BCUT2D eigenvalue weighted by atomic mass is 10.2. The predicted molar refractivity (Wildman–Crippen MR) is 225 cm³/mol. The number of aromatic nitrogens is 6. The number of imidazole rings is 2. The van der Waals surface area contributed by atoms with Crippen molar-refractivity contribution in [2.24, 2.45) is 0 Å². The second-order valence-electron chi connectivity index (χ2n) is 14.8. The molecule has 2 aromatic carbocycles. The second-order valence-corrected chi connectivity index (χ2v) is 14.8. The first-order valence-electron chi connectivity index (χ1n) is 20.8. The first-order chi connectivity index (χ1) is 28.9. The van der Waals surface area contributed by atoms with Gasteiger partial charge in [-0.2, -0.15) is 0 Å². The van der Waals surface area contributed by atoms with Crippen molar-refractivity contribution in [1.82, 2.24) is 43.9 Å². The van der Waals surface area contributed by atoms with Crippen molar-refractivity contribution in [2.45, 2.75) is 12.8 Å². The molecule has 8 aromatic rings. The number of nitrogens with one attached hydrogen (secondary N) is 1. The van der Waals surface area contributed by atoms with Crippen molar-refractivity contribution in [3.05, 3.63) is 96.1 Å². The number of anilines is 2. The first-order valence-corrected chi connectivity index (χ1v) is 19.3. The smallest absolute Gasteiger partial charge is 0.339 e. The Morgan fingerprint density at radius 2 is 1.09 bits per heavy atom. The molecule has 290 valence electrons. The lowest BCUT2D eigenvalue weighted by molar-refractivity contribution is 0.0698. The summed E-state index contributed by atoms with van der Waals surface area (Å²) in [6, 6.07) is 26.5. The van der Waals surface area contributed by atoms with Crippen molar-refractivity contribution in [2.75, 3.05) is 83.2 Å². The van der Waals surface area contributed by atoms with Crippen molar-refractivity contribution >= 4 is 78.9 Å². The fourth-order valence-electron chi connectivity index (χ4n) is 8.06. The molecule has 57 heavy (non-hydrogen) atoms.